The molecule has 206 valence electrons. The van der Waals surface area contributed by atoms with Crippen molar-refractivity contribution in [2.75, 3.05) is 34.3 Å². The first-order chi connectivity index (χ1) is 19.2. The third-order valence-corrected chi connectivity index (χ3v) is 7.43. The van der Waals surface area contributed by atoms with Gasteiger partial charge in [0.25, 0.3) is 5.91 Å². The summed E-state index contributed by atoms with van der Waals surface area (Å²) in [7, 11) is 4.96. The molecule has 1 fully saturated rings. The second kappa shape index (κ2) is 11.0. The molecule has 0 aliphatic carbocycles. The lowest BCUT2D eigenvalue weighted by molar-refractivity contribution is 0.0580. The van der Waals surface area contributed by atoms with Gasteiger partial charge in [-0.05, 0) is 55.9 Å². The van der Waals surface area contributed by atoms with Crippen LogP contribution in [0.3, 0.4) is 0 Å². The highest BCUT2D eigenvalue weighted by atomic mass is 16.5. The molecule has 0 saturated carbocycles. The molecular formula is C31H32N4O5. The lowest BCUT2D eigenvalue weighted by atomic mass is 9.98. The first-order valence-corrected chi connectivity index (χ1v) is 13.0. The van der Waals surface area contributed by atoms with Gasteiger partial charge in [-0.3, -0.25) is 4.79 Å². The van der Waals surface area contributed by atoms with Crippen molar-refractivity contribution in [2.45, 2.75) is 19.1 Å². The van der Waals surface area contributed by atoms with E-state index in [4.69, 9.17) is 9.73 Å². The van der Waals surface area contributed by atoms with Gasteiger partial charge in [-0.2, -0.15) is 0 Å². The molecule has 4 aromatic rings. The molecule has 40 heavy (non-hydrogen) atoms. The number of nitrogens with zero attached hydrogens (tertiary/aromatic N) is 3. The number of aliphatic hydroxyl groups is 1. The van der Waals surface area contributed by atoms with E-state index in [9.17, 15) is 19.8 Å². The first kappa shape index (κ1) is 27.1. The number of hydrogen-bond acceptors (Lipinski definition) is 7. The number of amides is 1. The standard InChI is InChI=1S/C31H32N4O5/c1-18-14-23-24(15-22(18)31(39)40-4)33-29(37)27(23)28(19-8-6-5-7-9-19)32-21-12-10-20(11-13-21)30(38)35(3)25-16-34(2)17-26(25)36/h5-15,25-26,33,36-37H,16-17H2,1-4H3/t25-,26-/m0/s1. The number of aliphatic imine (C=N–C) groups is 1. The lowest BCUT2D eigenvalue weighted by Crippen LogP contribution is -2.44. The fourth-order valence-corrected chi connectivity index (χ4v) is 5.27. The zero-order valence-corrected chi connectivity index (χ0v) is 22.9. The zero-order valence-electron chi connectivity index (χ0n) is 22.9. The normalized spacial score (nSPS) is 17.8. The van der Waals surface area contributed by atoms with Crippen LogP contribution >= 0.6 is 0 Å². The molecule has 1 aromatic heterocycles. The Morgan fingerprint density at radius 2 is 1.75 bits per heavy atom. The Morgan fingerprint density at radius 1 is 1.05 bits per heavy atom. The molecule has 1 aliphatic heterocycles. The number of likely N-dealkylation sites (N-methyl/N-ethyl adjacent to an activating group) is 2. The molecule has 3 N–H and O–H groups in total. The number of aliphatic hydroxyl groups excluding tert-OH is 1. The molecule has 9 heteroatoms. The Labute approximate surface area is 232 Å². The monoisotopic (exact) mass is 540 g/mol. The number of carbonyl (C=O) groups excluding carboxylic acids is 2. The molecule has 2 atom stereocenters. The zero-order chi connectivity index (χ0) is 28.6. The van der Waals surface area contributed by atoms with E-state index in [0.717, 1.165) is 5.56 Å². The smallest absolute Gasteiger partial charge is 0.338 e. The van der Waals surface area contributed by atoms with Crippen LogP contribution in [-0.4, -0.2) is 89.0 Å². The number of benzene rings is 3. The van der Waals surface area contributed by atoms with Gasteiger partial charge in [0.15, 0.2) is 5.88 Å². The Hall–Kier alpha value is -4.47. The van der Waals surface area contributed by atoms with Crippen molar-refractivity contribution < 1.29 is 24.5 Å². The first-order valence-electron chi connectivity index (χ1n) is 13.0. The van der Waals surface area contributed by atoms with Gasteiger partial charge in [0.1, 0.15) is 0 Å². The van der Waals surface area contributed by atoms with Gasteiger partial charge in [0.05, 0.1) is 41.8 Å². The van der Waals surface area contributed by atoms with Crippen LogP contribution in [0.25, 0.3) is 10.9 Å². The number of aromatic nitrogens is 1. The van der Waals surface area contributed by atoms with E-state index in [1.165, 1.54) is 7.11 Å². The Bertz CT molecular complexity index is 1590. The van der Waals surface area contributed by atoms with E-state index in [-0.39, 0.29) is 17.8 Å². The van der Waals surface area contributed by atoms with Crippen LogP contribution in [0.5, 0.6) is 5.88 Å². The maximum atomic E-state index is 13.1. The van der Waals surface area contributed by atoms with Gasteiger partial charge in [0, 0.05) is 42.2 Å². The summed E-state index contributed by atoms with van der Waals surface area (Å²) < 4.78 is 4.90. The van der Waals surface area contributed by atoms with Crippen molar-refractivity contribution in [3.63, 3.8) is 0 Å². The Morgan fingerprint density at radius 3 is 2.38 bits per heavy atom. The third-order valence-electron chi connectivity index (χ3n) is 7.43. The van der Waals surface area contributed by atoms with Crippen LogP contribution in [0.1, 0.15) is 37.4 Å². The molecule has 1 saturated heterocycles. The van der Waals surface area contributed by atoms with Crippen LogP contribution in [0.2, 0.25) is 0 Å². The SMILES string of the molecule is COC(=O)c1cc2[nH]c(O)c(C(=Nc3ccc(C(=O)N(C)[C@H]4CN(C)C[C@@H]4O)cc3)c3ccccc3)c2cc1C. The number of methoxy groups -OCH3 is 1. The van der Waals surface area contributed by atoms with Gasteiger partial charge < -0.3 is 29.7 Å². The highest BCUT2D eigenvalue weighted by Gasteiger charge is 2.34. The summed E-state index contributed by atoms with van der Waals surface area (Å²) in [6, 6.07) is 19.7. The second-order valence-corrected chi connectivity index (χ2v) is 10.2. The number of aromatic hydroxyl groups is 1. The lowest BCUT2D eigenvalue weighted by Gasteiger charge is -2.26. The predicted octanol–water partition coefficient (Wildman–Crippen LogP) is 3.88. The fourth-order valence-electron chi connectivity index (χ4n) is 5.27. The predicted molar refractivity (Wildman–Crippen MR) is 154 cm³/mol. The van der Waals surface area contributed by atoms with Gasteiger partial charge in [-0.15, -0.1) is 0 Å². The highest BCUT2D eigenvalue weighted by Crippen LogP contribution is 2.33. The summed E-state index contributed by atoms with van der Waals surface area (Å²) in [5.41, 5.74) is 4.59. The second-order valence-electron chi connectivity index (χ2n) is 10.2. The molecule has 9 nitrogen and oxygen atoms in total. The molecule has 0 spiro atoms. The topological polar surface area (TPSA) is 118 Å². The summed E-state index contributed by atoms with van der Waals surface area (Å²) in [4.78, 5) is 36.8. The van der Waals surface area contributed by atoms with E-state index < -0.39 is 12.1 Å². The molecule has 0 bridgehead atoms. The van der Waals surface area contributed by atoms with Gasteiger partial charge >= 0.3 is 5.97 Å². The van der Waals surface area contributed by atoms with Crippen molar-refractivity contribution in [1.29, 1.82) is 0 Å². The van der Waals surface area contributed by atoms with Crippen molar-refractivity contribution in [1.82, 2.24) is 14.8 Å². The van der Waals surface area contributed by atoms with Crippen molar-refractivity contribution in [2.24, 2.45) is 4.99 Å². The number of carbonyl (C=O) groups is 2. The maximum Gasteiger partial charge on any atom is 0.338 e. The largest absolute Gasteiger partial charge is 0.494 e. The van der Waals surface area contributed by atoms with Crippen LogP contribution in [0.4, 0.5) is 5.69 Å². The van der Waals surface area contributed by atoms with E-state index >= 15 is 0 Å². The number of likely N-dealkylation sites (tertiary alicyclic amines) is 1. The average molecular weight is 541 g/mol. The molecule has 0 radical (unpaired) electrons. The maximum absolute atomic E-state index is 13.1. The molecular weight excluding hydrogens is 508 g/mol. The van der Waals surface area contributed by atoms with E-state index in [1.54, 1.807) is 42.3 Å². The van der Waals surface area contributed by atoms with Gasteiger partial charge in [-0.25, -0.2) is 9.79 Å². The number of fused-ring (bicyclic) bond motifs is 1. The molecule has 3 aromatic carbocycles. The number of aryl methyl sites for hydroxylation is 1. The number of β-amino-alcohol motifs (C(OH)–C–C–N with tert-alkyl or cyclic N) is 1. The van der Waals surface area contributed by atoms with Gasteiger partial charge in [0.2, 0.25) is 0 Å². The molecule has 0 unspecified atom stereocenters. The number of H-pyrrole nitrogens is 1. The molecule has 1 amide bonds. The van der Waals surface area contributed by atoms with Crippen molar-refractivity contribution in [3.05, 3.63) is 94.5 Å². The van der Waals surface area contributed by atoms with Crippen LogP contribution < -0.4 is 0 Å². The summed E-state index contributed by atoms with van der Waals surface area (Å²) in [5, 5.41) is 22.1. The summed E-state index contributed by atoms with van der Waals surface area (Å²) in [5.74, 6) is -0.710. The van der Waals surface area contributed by atoms with Crippen LogP contribution in [0, 0.1) is 6.92 Å². The minimum Gasteiger partial charge on any atom is -0.494 e. The molecule has 1 aliphatic rings. The Balaban J connectivity index is 1.54. The molecule has 5 rings (SSSR count). The Kier molecular flexibility index (Phi) is 7.42. The van der Waals surface area contributed by atoms with E-state index in [1.807, 2.05) is 55.3 Å². The third kappa shape index (κ3) is 5.09. The minimum atomic E-state index is -0.590. The number of ether oxygens (including phenoxy) is 1. The van der Waals surface area contributed by atoms with E-state index in [2.05, 4.69) is 4.98 Å². The quantitative estimate of drug-likeness (QED) is 0.252. The van der Waals surface area contributed by atoms with E-state index in [0.29, 0.717) is 57.6 Å². The number of aromatic amines is 1. The van der Waals surface area contributed by atoms with Crippen molar-refractivity contribution in [3.8, 4) is 5.88 Å². The highest BCUT2D eigenvalue weighted by molar-refractivity contribution is 6.22. The fraction of sp³-hybridized carbons (Fsp3) is 0.258. The number of hydrogen-bond donors (Lipinski definition) is 3. The van der Waals surface area contributed by atoms with Crippen LogP contribution in [-0.2, 0) is 4.74 Å². The number of esters is 1. The summed E-state index contributed by atoms with van der Waals surface area (Å²) in [6.45, 7) is 2.96. The number of rotatable bonds is 6. The average Bonchev–Trinajstić information content (AvgIpc) is 3.47. The number of nitrogens with one attached hydrogen (secondary N) is 1. The minimum absolute atomic E-state index is 0.0764. The van der Waals surface area contributed by atoms with Gasteiger partial charge in [-0.1, -0.05) is 30.3 Å². The van der Waals surface area contributed by atoms with Crippen molar-refractivity contribution >= 4 is 34.2 Å². The summed E-state index contributed by atoms with van der Waals surface area (Å²) >= 11 is 0. The van der Waals surface area contributed by atoms with Crippen LogP contribution in [0.15, 0.2) is 71.7 Å². The molecule has 2 heterocycles. The summed E-state index contributed by atoms with van der Waals surface area (Å²) in [6.07, 6.45) is -0.590.